The van der Waals surface area contributed by atoms with Crippen molar-refractivity contribution in [1.29, 1.82) is 0 Å². The van der Waals surface area contributed by atoms with Crippen LogP contribution in [0.25, 0.3) is 10.9 Å². The Balaban J connectivity index is 1.72. The van der Waals surface area contributed by atoms with Gasteiger partial charge in [0.2, 0.25) is 5.56 Å². The van der Waals surface area contributed by atoms with E-state index in [0.29, 0.717) is 5.75 Å². The van der Waals surface area contributed by atoms with Gasteiger partial charge in [-0.05, 0) is 49.1 Å². The minimum absolute atomic E-state index is 0.103. The van der Waals surface area contributed by atoms with Gasteiger partial charge < -0.3 is 14.6 Å². The second-order valence-corrected chi connectivity index (χ2v) is 6.87. The van der Waals surface area contributed by atoms with E-state index in [0.717, 1.165) is 49.8 Å². The molecule has 0 saturated carbocycles. The summed E-state index contributed by atoms with van der Waals surface area (Å²) in [6, 6.07) is 18.2. The average molecular weight is 364 g/mol. The fourth-order valence-electron chi connectivity index (χ4n) is 3.54. The van der Waals surface area contributed by atoms with Crippen LogP contribution in [0.4, 0.5) is 0 Å². The topological polar surface area (TPSA) is 45.3 Å². The molecule has 0 atom stereocenters. The van der Waals surface area contributed by atoms with Crippen molar-refractivity contribution in [3.63, 3.8) is 0 Å². The number of ether oxygens (including phenoxy) is 1. The predicted octanol–water partition coefficient (Wildman–Crippen LogP) is 4.03. The summed E-state index contributed by atoms with van der Waals surface area (Å²) >= 11 is 0. The summed E-state index contributed by atoms with van der Waals surface area (Å²) in [4.78, 5) is 17.2. The molecule has 0 aliphatic heterocycles. The van der Waals surface area contributed by atoms with E-state index in [4.69, 9.17) is 4.74 Å². The molecule has 3 aromatic rings. The number of H-pyrrole nitrogens is 1. The molecule has 0 aliphatic carbocycles. The molecule has 0 spiro atoms. The average Bonchev–Trinajstić information content (AvgIpc) is 2.70. The number of benzene rings is 2. The number of nitrogens with zero attached hydrogens (tertiary/aromatic N) is 1. The summed E-state index contributed by atoms with van der Waals surface area (Å²) in [5.74, 6) is 0.709. The zero-order valence-electron chi connectivity index (χ0n) is 16.2. The zero-order valence-corrected chi connectivity index (χ0v) is 16.2. The molecule has 1 N–H and O–H groups in total. The number of nitrogens with one attached hydrogen (secondary N) is 1. The zero-order chi connectivity index (χ0) is 19.1. The van der Waals surface area contributed by atoms with Gasteiger partial charge in [0.25, 0.3) is 0 Å². The quantitative estimate of drug-likeness (QED) is 0.623. The number of pyridine rings is 1. The number of fused-ring (bicyclic) bond motifs is 1. The lowest BCUT2D eigenvalue weighted by molar-refractivity contribution is 0.281. The van der Waals surface area contributed by atoms with Crippen molar-refractivity contribution < 1.29 is 4.74 Å². The number of methoxy groups -OCH3 is 1. The lowest BCUT2D eigenvalue weighted by Crippen LogP contribution is -2.29. The molecular weight excluding hydrogens is 336 g/mol. The van der Waals surface area contributed by atoms with Gasteiger partial charge in [-0.1, -0.05) is 43.3 Å². The normalized spacial score (nSPS) is 11.2. The van der Waals surface area contributed by atoms with E-state index in [1.807, 2.05) is 12.1 Å². The van der Waals surface area contributed by atoms with Gasteiger partial charge in [0.1, 0.15) is 5.75 Å². The maximum atomic E-state index is 11.7. The number of aromatic nitrogens is 1. The van der Waals surface area contributed by atoms with E-state index in [-0.39, 0.29) is 5.56 Å². The van der Waals surface area contributed by atoms with Gasteiger partial charge in [-0.3, -0.25) is 4.79 Å². The van der Waals surface area contributed by atoms with Crippen molar-refractivity contribution in [3.8, 4) is 5.75 Å². The maximum Gasteiger partial charge on any atom is 0.248 e. The molecule has 142 valence electrons. The smallest absolute Gasteiger partial charge is 0.248 e. The van der Waals surface area contributed by atoms with Crippen LogP contribution in [-0.4, -0.2) is 36.6 Å². The summed E-state index contributed by atoms with van der Waals surface area (Å²) in [6.07, 6.45) is 3.16. The Bertz CT molecular complexity index is 919. The Morgan fingerprint density at radius 1 is 0.926 bits per heavy atom. The number of hydrogen-bond acceptors (Lipinski definition) is 3. The van der Waals surface area contributed by atoms with Crippen molar-refractivity contribution in [2.24, 2.45) is 0 Å². The van der Waals surface area contributed by atoms with E-state index in [2.05, 4.69) is 53.2 Å². The molecule has 0 radical (unpaired) electrons. The third kappa shape index (κ3) is 4.98. The molecule has 0 aliphatic rings. The highest BCUT2D eigenvalue weighted by Gasteiger charge is 2.10. The molecule has 1 aromatic heterocycles. The van der Waals surface area contributed by atoms with Crippen molar-refractivity contribution in [2.75, 3.05) is 26.7 Å². The second-order valence-electron chi connectivity index (χ2n) is 6.87. The van der Waals surface area contributed by atoms with E-state index in [1.165, 1.54) is 11.1 Å². The van der Waals surface area contributed by atoms with Crippen molar-refractivity contribution in [2.45, 2.75) is 26.2 Å². The van der Waals surface area contributed by atoms with Crippen LogP contribution in [0.15, 0.2) is 59.4 Å². The molecule has 0 saturated heterocycles. The van der Waals surface area contributed by atoms with Crippen LogP contribution in [-0.2, 0) is 12.8 Å². The minimum Gasteiger partial charge on any atom is -0.495 e. The van der Waals surface area contributed by atoms with E-state index in [9.17, 15) is 4.79 Å². The highest BCUT2D eigenvalue weighted by molar-refractivity contribution is 5.87. The van der Waals surface area contributed by atoms with Crippen LogP contribution in [0.5, 0.6) is 5.75 Å². The molecule has 3 rings (SSSR count). The first-order valence-electron chi connectivity index (χ1n) is 9.66. The molecule has 4 nitrogen and oxygen atoms in total. The first-order chi connectivity index (χ1) is 13.2. The highest BCUT2D eigenvalue weighted by atomic mass is 16.5. The fraction of sp³-hybridized carbons (Fsp3) is 0.348. The Hall–Kier alpha value is -2.59. The van der Waals surface area contributed by atoms with E-state index < -0.39 is 0 Å². The Morgan fingerprint density at radius 2 is 1.70 bits per heavy atom. The molecule has 0 amide bonds. The standard InChI is InChI=1S/C23H28N2O2/c1-3-15-25(16-13-18-7-5-4-6-8-18)17-14-19-9-11-21(27-2)23-20(19)10-12-22(26)24-23/h4-12H,3,13-17H2,1-2H3,(H,24,26). The number of aromatic amines is 1. The third-order valence-electron chi connectivity index (χ3n) is 4.96. The van der Waals surface area contributed by atoms with Crippen LogP contribution < -0.4 is 10.3 Å². The second kappa shape index (κ2) is 9.38. The summed E-state index contributed by atoms with van der Waals surface area (Å²) in [7, 11) is 1.63. The lowest BCUT2D eigenvalue weighted by Gasteiger charge is -2.22. The van der Waals surface area contributed by atoms with Crippen LogP contribution in [0.3, 0.4) is 0 Å². The van der Waals surface area contributed by atoms with Crippen molar-refractivity contribution in [3.05, 3.63) is 76.1 Å². The lowest BCUT2D eigenvalue weighted by atomic mass is 10.0. The van der Waals surface area contributed by atoms with E-state index in [1.54, 1.807) is 13.2 Å². The fourth-order valence-corrected chi connectivity index (χ4v) is 3.54. The number of hydrogen-bond donors (Lipinski definition) is 1. The summed E-state index contributed by atoms with van der Waals surface area (Å²) < 4.78 is 5.41. The minimum atomic E-state index is -0.103. The predicted molar refractivity (Wildman–Crippen MR) is 112 cm³/mol. The molecular formula is C23H28N2O2. The Labute approximate surface area is 160 Å². The van der Waals surface area contributed by atoms with Crippen LogP contribution in [0.2, 0.25) is 0 Å². The Kier molecular flexibility index (Phi) is 6.66. The molecule has 2 aromatic carbocycles. The molecule has 0 unspecified atom stereocenters. The highest BCUT2D eigenvalue weighted by Crippen LogP contribution is 2.26. The van der Waals surface area contributed by atoms with Gasteiger partial charge in [0, 0.05) is 24.5 Å². The molecule has 1 heterocycles. The first-order valence-corrected chi connectivity index (χ1v) is 9.66. The van der Waals surface area contributed by atoms with Gasteiger partial charge in [-0.15, -0.1) is 0 Å². The van der Waals surface area contributed by atoms with Gasteiger partial charge in [-0.25, -0.2) is 0 Å². The van der Waals surface area contributed by atoms with Crippen LogP contribution in [0.1, 0.15) is 24.5 Å². The third-order valence-corrected chi connectivity index (χ3v) is 4.96. The van der Waals surface area contributed by atoms with Gasteiger partial charge in [0.05, 0.1) is 12.6 Å². The maximum absolute atomic E-state index is 11.7. The first kappa shape index (κ1) is 19.2. The largest absolute Gasteiger partial charge is 0.495 e. The molecule has 0 fully saturated rings. The van der Waals surface area contributed by atoms with Crippen molar-refractivity contribution in [1.82, 2.24) is 9.88 Å². The summed E-state index contributed by atoms with van der Waals surface area (Å²) in [5, 5.41) is 1.06. The molecule has 27 heavy (non-hydrogen) atoms. The van der Waals surface area contributed by atoms with Gasteiger partial charge in [0.15, 0.2) is 0 Å². The van der Waals surface area contributed by atoms with Gasteiger partial charge in [-0.2, -0.15) is 0 Å². The van der Waals surface area contributed by atoms with Crippen LogP contribution >= 0.6 is 0 Å². The SMILES string of the molecule is CCCN(CCc1ccccc1)CCc1ccc(OC)c2[nH]c(=O)ccc12. The monoisotopic (exact) mass is 364 g/mol. The summed E-state index contributed by atoms with van der Waals surface area (Å²) in [5.41, 5.74) is 3.30. The van der Waals surface area contributed by atoms with Crippen LogP contribution in [0, 0.1) is 0 Å². The van der Waals surface area contributed by atoms with E-state index >= 15 is 0 Å². The number of rotatable bonds is 9. The van der Waals surface area contributed by atoms with Gasteiger partial charge >= 0.3 is 0 Å². The summed E-state index contributed by atoms with van der Waals surface area (Å²) in [6.45, 7) is 5.38. The Morgan fingerprint density at radius 3 is 2.44 bits per heavy atom. The molecule has 4 heteroatoms. The van der Waals surface area contributed by atoms with Crippen molar-refractivity contribution >= 4 is 10.9 Å². The molecule has 0 bridgehead atoms.